The average molecular weight is 332 g/mol. The third kappa shape index (κ3) is 4.91. The number of rotatable bonds is 7. The molecule has 7 nitrogen and oxygen atoms in total. The van der Waals surface area contributed by atoms with E-state index >= 15 is 0 Å². The molecule has 1 heterocycles. The predicted octanol–water partition coefficient (Wildman–Crippen LogP) is 2.63. The van der Waals surface area contributed by atoms with Gasteiger partial charge in [-0.3, -0.25) is 15.0 Å². The number of nitriles is 1. The van der Waals surface area contributed by atoms with E-state index in [1.807, 2.05) is 6.07 Å². The number of anilines is 1. The quantitative estimate of drug-likeness (QED) is 0.609. The number of ether oxygens (including phenoxy) is 1. The molecule has 1 aromatic rings. The molecule has 24 heavy (non-hydrogen) atoms. The maximum Gasteiger partial charge on any atom is 0.270 e. The van der Waals surface area contributed by atoms with Crippen LogP contribution in [0.3, 0.4) is 0 Å². The average Bonchev–Trinajstić information content (AvgIpc) is 2.58. The summed E-state index contributed by atoms with van der Waals surface area (Å²) >= 11 is 0. The van der Waals surface area contributed by atoms with Crippen LogP contribution in [0.5, 0.6) is 0 Å². The molecule has 2 rings (SSSR count). The lowest BCUT2D eigenvalue weighted by Gasteiger charge is -2.35. The molecule has 1 fully saturated rings. The fourth-order valence-corrected chi connectivity index (χ4v) is 2.97. The molecule has 0 aliphatic carbocycles. The van der Waals surface area contributed by atoms with Gasteiger partial charge in [-0.25, -0.2) is 0 Å². The van der Waals surface area contributed by atoms with Crippen molar-refractivity contribution in [2.24, 2.45) is 5.92 Å². The summed E-state index contributed by atoms with van der Waals surface area (Å²) in [5.41, 5.74) is 0.878. The third-order valence-electron chi connectivity index (χ3n) is 4.17. The molecular formula is C17H24N4O3. The van der Waals surface area contributed by atoms with Crippen molar-refractivity contribution >= 4 is 11.4 Å². The SMILES string of the molecule is CC(C)CC(CNc1ccc([N+](=O)[O-])cc1C#N)N1CCOCC1. The summed E-state index contributed by atoms with van der Waals surface area (Å²) in [6, 6.07) is 6.73. The fraction of sp³-hybridized carbons (Fsp3) is 0.588. The third-order valence-corrected chi connectivity index (χ3v) is 4.17. The summed E-state index contributed by atoms with van der Waals surface area (Å²) in [6.45, 7) is 8.39. The minimum atomic E-state index is -0.486. The summed E-state index contributed by atoms with van der Waals surface area (Å²) < 4.78 is 5.42. The molecule has 1 aliphatic rings. The number of nitro benzene ring substituents is 1. The molecule has 1 atom stereocenters. The number of nitrogens with one attached hydrogen (secondary N) is 1. The van der Waals surface area contributed by atoms with E-state index in [0.717, 1.165) is 32.7 Å². The molecule has 0 amide bonds. The van der Waals surface area contributed by atoms with Crippen LogP contribution >= 0.6 is 0 Å². The first kappa shape index (κ1) is 18.2. The predicted molar refractivity (Wildman–Crippen MR) is 91.9 cm³/mol. The zero-order valence-corrected chi connectivity index (χ0v) is 14.2. The summed E-state index contributed by atoms with van der Waals surface area (Å²) in [5.74, 6) is 0.562. The largest absolute Gasteiger partial charge is 0.382 e. The van der Waals surface area contributed by atoms with Crippen molar-refractivity contribution in [3.05, 3.63) is 33.9 Å². The number of non-ortho nitro benzene ring substituents is 1. The van der Waals surface area contributed by atoms with E-state index < -0.39 is 4.92 Å². The van der Waals surface area contributed by atoms with Crippen molar-refractivity contribution in [2.45, 2.75) is 26.3 Å². The van der Waals surface area contributed by atoms with E-state index in [-0.39, 0.29) is 5.69 Å². The molecule has 130 valence electrons. The second kappa shape index (κ2) is 8.62. The van der Waals surface area contributed by atoms with E-state index in [4.69, 9.17) is 4.74 Å². The molecule has 1 aromatic carbocycles. The summed E-state index contributed by atoms with van der Waals surface area (Å²) in [4.78, 5) is 12.8. The van der Waals surface area contributed by atoms with Gasteiger partial charge in [-0.1, -0.05) is 13.8 Å². The Kier molecular flexibility index (Phi) is 6.53. The van der Waals surface area contributed by atoms with Gasteiger partial charge < -0.3 is 10.1 Å². The van der Waals surface area contributed by atoms with E-state index in [2.05, 4.69) is 24.1 Å². The van der Waals surface area contributed by atoms with Gasteiger partial charge in [0.25, 0.3) is 5.69 Å². The van der Waals surface area contributed by atoms with Gasteiger partial charge in [0.2, 0.25) is 0 Å². The molecule has 0 bridgehead atoms. The van der Waals surface area contributed by atoms with Crippen LogP contribution in [0.1, 0.15) is 25.8 Å². The Morgan fingerprint density at radius 1 is 1.42 bits per heavy atom. The van der Waals surface area contributed by atoms with Crippen LogP contribution in [-0.2, 0) is 4.74 Å². The maximum absolute atomic E-state index is 10.8. The second-order valence-corrected chi connectivity index (χ2v) is 6.41. The van der Waals surface area contributed by atoms with Crippen molar-refractivity contribution < 1.29 is 9.66 Å². The highest BCUT2D eigenvalue weighted by Gasteiger charge is 2.22. The van der Waals surface area contributed by atoms with Gasteiger partial charge in [-0.05, 0) is 18.4 Å². The van der Waals surface area contributed by atoms with Crippen molar-refractivity contribution in [1.29, 1.82) is 5.26 Å². The Labute approximate surface area is 142 Å². The van der Waals surface area contributed by atoms with E-state index in [1.165, 1.54) is 12.1 Å². The number of nitro groups is 1. The van der Waals surface area contributed by atoms with Gasteiger partial charge in [-0.2, -0.15) is 5.26 Å². The normalized spacial score (nSPS) is 16.6. The van der Waals surface area contributed by atoms with E-state index in [9.17, 15) is 15.4 Å². The second-order valence-electron chi connectivity index (χ2n) is 6.41. The lowest BCUT2D eigenvalue weighted by atomic mass is 10.0. The minimum Gasteiger partial charge on any atom is -0.382 e. The molecule has 0 aromatic heterocycles. The van der Waals surface area contributed by atoms with Crippen molar-refractivity contribution in [3.8, 4) is 6.07 Å². The Morgan fingerprint density at radius 3 is 2.71 bits per heavy atom. The molecule has 0 radical (unpaired) electrons. The smallest absolute Gasteiger partial charge is 0.270 e. The van der Waals surface area contributed by atoms with E-state index in [0.29, 0.717) is 29.8 Å². The lowest BCUT2D eigenvalue weighted by molar-refractivity contribution is -0.384. The molecule has 1 aliphatic heterocycles. The molecule has 7 heteroatoms. The Bertz CT molecular complexity index is 606. The number of benzene rings is 1. The van der Waals surface area contributed by atoms with Crippen LogP contribution in [0.2, 0.25) is 0 Å². The minimum absolute atomic E-state index is 0.0657. The van der Waals surface area contributed by atoms with Crippen LogP contribution in [-0.4, -0.2) is 48.7 Å². The monoisotopic (exact) mass is 332 g/mol. The zero-order chi connectivity index (χ0) is 17.5. The highest BCUT2D eigenvalue weighted by molar-refractivity contribution is 5.61. The molecule has 1 unspecified atom stereocenters. The zero-order valence-electron chi connectivity index (χ0n) is 14.2. The Hall–Kier alpha value is -2.17. The first-order valence-corrected chi connectivity index (χ1v) is 8.25. The number of nitrogens with zero attached hydrogens (tertiary/aromatic N) is 3. The summed E-state index contributed by atoms with van der Waals surface area (Å²) in [7, 11) is 0. The van der Waals surface area contributed by atoms with Crippen LogP contribution in [0.15, 0.2) is 18.2 Å². The van der Waals surface area contributed by atoms with Gasteiger partial charge in [-0.15, -0.1) is 0 Å². The molecular weight excluding hydrogens is 308 g/mol. The first-order valence-electron chi connectivity index (χ1n) is 8.25. The van der Waals surface area contributed by atoms with Crippen molar-refractivity contribution in [3.63, 3.8) is 0 Å². The van der Waals surface area contributed by atoms with Gasteiger partial charge in [0.05, 0.1) is 29.4 Å². The van der Waals surface area contributed by atoms with Crippen LogP contribution in [0.25, 0.3) is 0 Å². The fourth-order valence-electron chi connectivity index (χ4n) is 2.97. The molecule has 0 spiro atoms. The maximum atomic E-state index is 10.8. The highest BCUT2D eigenvalue weighted by atomic mass is 16.6. The van der Waals surface area contributed by atoms with Crippen LogP contribution in [0, 0.1) is 27.4 Å². The van der Waals surface area contributed by atoms with Crippen molar-refractivity contribution in [2.75, 3.05) is 38.2 Å². The van der Waals surface area contributed by atoms with Crippen LogP contribution < -0.4 is 5.32 Å². The van der Waals surface area contributed by atoms with E-state index in [1.54, 1.807) is 6.07 Å². The molecule has 1 saturated heterocycles. The van der Waals surface area contributed by atoms with Crippen LogP contribution in [0.4, 0.5) is 11.4 Å². The highest BCUT2D eigenvalue weighted by Crippen LogP contribution is 2.22. The Morgan fingerprint density at radius 2 is 2.12 bits per heavy atom. The number of hydrogen-bond acceptors (Lipinski definition) is 6. The van der Waals surface area contributed by atoms with Gasteiger partial charge in [0.15, 0.2) is 0 Å². The first-order chi connectivity index (χ1) is 11.5. The van der Waals surface area contributed by atoms with Crippen molar-refractivity contribution in [1.82, 2.24) is 4.90 Å². The molecule has 0 saturated carbocycles. The number of hydrogen-bond donors (Lipinski definition) is 1. The topological polar surface area (TPSA) is 91.4 Å². The van der Waals surface area contributed by atoms with Gasteiger partial charge in [0, 0.05) is 37.8 Å². The summed E-state index contributed by atoms with van der Waals surface area (Å²) in [6.07, 6.45) is 1.04. The molecule has 1 N–H and O–H groups in total. The standard InChI is InChI=1S/C17H24N4O3/c1-13(2)9-16(20-5-7-24-8-6-20)12-19-17-4-3-15(21(22)23)10-14(17)11-18/h3-4,10,13,16,19H,5-9,12H2,1-2H3. The summed E-state index contributed by atoms with van der Waals surface area (Å²) in [5, 5.41) is 23.4. The van der Waals surface area contributed by atoms with Gasteiger partial charge >= 0.3 is 0 Å². The number of morpholine rings is 1. The Balaban J connectivity index is 2.07. The van der Waals surface area contributed by atoms with Gasteiger partial charge in [0.1, 0.15) is 6.07 Å². The lowest BCUT2D eigenvalue weighted by Crippen LogP contribution is -2.47.